The molecule has 0 spiro atoms. The largest absolute Gasteiger partial charge is 0.364 e. The molecule has 0 unspecified atom stereocenters. The summed E-state index contributed by atoms with van der Waals surface area (Å²) in [5.74, 6) is 2.17. The number of hydrogen-bond donors (Lipinski definition) is 2. The molecular weight excluding hydrogens is 420 g/mol. The van der Waals surface area contributed by atoms with Crippen LogP contribution in [0, 0.1) is 5.92 Å². The van der Waals surface area contributed by atoms with Crippen LogP contribution in [0.25, 0.3) is 22.3 Å². The topological polar surface area (TPSA) is 67.7 Å². The van der Waals surface area contributed by atoms with Gasteiger partial charge in [0.2, 0.25) is 5.95 Å². The van der Waals surface area contributed by atoms with E-state index in [2.05, 4.69) is 82.6 Å². The van der Waals surface area contributed by atoms with Gasteiger partial charge in [0.25, 0.3) is 0 Å². The average Bonchev–Trinajstić information content (AvgIpc) is 3.32. The Kier molecular flexibility index (Phi) is 6.74. The minimum Gasteiger partial charge on any atom is -0.364 e. The second kappa shape index (κ2) is 10.2. The zero-order chi connectivity index (χ0) is 23.3. The SMILES string of the molecule is CC(C)n1cnc2c(NCc3ccc(-c4ccccc4)cc3)nc(NCC3CCCCC3)nc21. The molecule has 0 aliphatic heterocycles. The van der Waals surface area contributed by atoms with Crippen molar-refractivity contribution in [1.29, 1.82) is 0 Å². The lowest BCUT2D eigenvalue weighted by molar-refractivity contribution is 0.373. The van der Waals surface area contributed by atoms with E-state index >= 15 is 0 Å². The molecule has 2 heterocycles. The van der Waals surface area contributed by atoms with E-state index in [1.165, 1.54) is 48.8 Å². The number of hydrogen-bond acceptors (Lipinski definition) is 5. The molecule has 2 aromatic heterocycles. The highest BCUT2D eigenvalue weighted by atomic mass is 15.2. The molecule has 5 rings (SSSR count). The Bertz CT molecular complexity index is 1210. The molecular formula is C28H34N6. The van der Waals surface area contributed by atoms with Gasteiger partial charge in [-0.2, -0.15) is 9.97 Å². The van der Waals surface area contributed by atoms with Gasteiger partial charge < -0.3 is 15.2 Å². The monoisotopic (exact) mass is 454 g/mol. The van der Waals surface area contributed by atoms with E-state index in [-0.39, 0.29) is 6.04 Å². The zero-order valence-corrected chi connectivity index (χ0v) is 20.2. The summed E-state index contributed by atoms with van der Waals surface area (Å²) in [5, 5.41) is 7.05. The molecule has 1 aliphatic rings. The Morgan fingerprint density at radius 1 is 0.882 bits per heavy atom. The van der Waals surface area contributed by atoms with Crippen molar-refractivity contribution < 1.29 is 0 Å². The maximum atomic E-state index is 4.84. The quantitative estimate of drug-likeness (QED) is 0.311. The van der Waals surface area contributed by atoms with Crippen LogP contribution in [0.3, 0.4) is 0 Å². The number of rotatable bonds is 8. The predicted molar refractivity (Wildman–Crippen MR) is 140 cm³/mol. The average molecular weight is 455 g/mol. The van der Waals surface area contributed by atoms with Crippen LogP contribution in [-0.2, 0) is 6.54 Å². The first-order chi connectivity index (χ1) is 16.7. The lowest BCUT2D eigenvalue weighted by atomic mass is 9.89. The van der Waals surface area contributed by atoms with Crippen molar-refractivity contribution in [2.45, 2.75) is 58.5 Å². The Labute approximate surface area is 201 Å². The fraction of sp³-hybridized carbons (Fsp3) is 0.393. The molecule has 0 amide bonds. The number of anilines is 2. The van der Waals surface area contributed by atoms with Crippen molar-refractivity contribution in [3.63, 3.8) is 0 Å². The van der Waals surface area contributed by atoms with Crippen molar-refractivity contribution in [1.82, 2.24) is 19.5 Å². The second-order valence-electron chi connectivity index (χ2n) is 9.62. The molecule has 6 heteroatoms. The van der Waals surface area contributed by atoms with Gasteiger partial charge in [0.1, 0.15) is 0 Å². The van der Waals surface area contributed by atoms with Crippen LogP contribution >= 0.6 is 0 Å². The van der Waals surface area contributed by atoms with Gasteiger partial charge in [-0.05, 0) is 49.3 Å². The third-order valence-electron chi connectivity index (χ3n) is 6.77. The van der Waals surface area contributed by atoms with Gasteiger partial charge in [-0.1, -0.05) is 73.9 Å². The van der Waals surface area contributed by atoms with E-state index in [0.29, 0.717) is 18.4 Å². The van der Waals surface area contributed by atoms with Crippen molar-refractivity contribution >= 4 is 22.9 Å². The number of nitrogens with zero attached hydrogens (tertiary/aromatic N) is 4. The Hall–Kier alpha value is -3.41. The van der Waals surface area contributed by atoms with Crippen molar-refractivity contribution in [2.75, 3.05) is 17.2 Å². The molecule has 1 fully saturated rings. The summed E-state index contributed by atoms with van der Waals surface area (Å²) in [6.45, 7) is 5.92. The highest BCUT2D eigenvalue weighted by molar-refractivity contribution is 5.84. The number of nitrogens with one attached hydrogen (secondary N) is 2. The molecule has 176 valence electrons. The van der Waals surface area contributed by atoms with E-state index in [9.17, 15) is 0 Å². The molecule has 4 aromatic rings. The third kappa shape index (κ3) is 5.06. The molecule has 2 aromatic carbocycles. The fourth-order valence-corrected chi connectivity index (χ4v) is 4.76. The summed E-state index contributed by atoms with van der Waals surface area (Å²) in [6.07, 6.45) is 8.50. The van der Waals surface area contributed by atoms with Crippen LogP contribution in [0.5, 0.6) is 0 Å². The number of benzene rings is 2. The lowest BCUT2D eigenvalue weighted by Gasteiger charge is -2.22. The van der Waals surface area contributed by atoms with Crippen LogP contribution in [0.2, 0.25) is 0 Å². The minimum absolute atomic E-state index is 0.282. The van der Waals surface area contributed by atoms with Gasteiger partial charge >= 0.3 is 0 Å². The third-order valence-corrected chi connectivity index (χ3v) is 6.77. The van der Waals surface area contributed by atoms with E-state index in [1.54, 1.807) is 0 Å². The highest BCUT2D eigenvalue weighted by Crippen LogP contribution is 2.27. The van der Waals surface area contributed by atoms with Crippen molar-refractivity contribution in [3.8, 4) is 11.1 Å². The van der Waals surface area contributed by atoms with Crippen molar-refractivity contribution in [2.24, 2.45) is 5.92 Å². The van der Waals surface area contributed by atoms with E-state index in [1.807, 2.05) is 12.4 Å². The number of imidazole rings is 1. The first-order valence-electron chi connectivity index (χ1n) is 12.5. The van der Waals surface area contributed by atoms with Crippen LogP contribution in [0.4, 0.5) is 11.8 Å². The predicted octanol–water partition coefficient (Wildman–Crippen LogP) is 6.68. The smallest absolute Gasteiger partial charge is 0.226 e. The van der Waals surface area contributed by atoms with Gasteiger partial charge in [-0.15, -0.1) is 0 Å². The maximum Gasteiger partial charge on any atom is 0.226 e. The Morgan fingerprint density at radius 2 is 1.62 bits per heavy atom. The van der Waals surface area contributed by atoms with Gasteiger partial charge in [0, 0.05) is 19.1 Å². The minimum atomic E-state index is 0.282. The molecule has 0 saturated heterocycles. The summed E-state index contributed by atoms with van der Waals surface area (Å²) in [7, 11) is 0. The molecule has 34 heavy (non-hydrogen) atoms. The highest BCUT2D eigenvalue weighted by Gasteiger charge is 2.17. The molecule has 2 N–H and O–H groups in total. The summed E-state index contributed by atoms with van der Waals surface area (Å²) < 4.78 is 2.11. The van der Waals surface area contributed by atoms with Crippen molar-refractivity contribution in [3.05, 3.63) is 66.5 Å². The lowest BCUT2D eigenvalue weighted by Crippen LogP contribution is -2.19. The van der Waals surface area contributed by atoms with Gasteiger partial charge in [0.15, 0.2) is 17.0 Å². The normalized spacial score (nSPS) is 14.6. The van der Waals surface area contributed by atoms with Crippen LogP contribution in [0.1, 0.15) is 57.6 Å². The number of fused-ring (bicyclic) bond motifs is 1. The number of aromatic nitrogens is 4. The van der Waals surface area contributed by atoms with Crippen LogP contribution in [-0.4, -0.2) is 26.1 Å². The maximum absolute atomic E-state index is 4.84. The van der Waals surface area contributed by atoms with Gasteiger partial charge in [-0.25, -0.2) is 4.98 Å². The fourth-order valence-electron chi connectivity index (χ4n) is 4.76. The van der Waals surface area contributed by atoms with E-state index in [4.69, 9.17) is 9.97 Å². The van der Waals surface area contributed by atoms with E-state index in [0.717, 1.165) is 23.5 Å². The second-order valence-corrected chi connectivity index (χ2v) is 9.62. The summed E-state index contributed by atoms with van der Waals surface area (Å²) in [4.78, 5) is 14.3. The van der Waals surface area contributed by atoms with Gasteiger partial charge in [0.05, 0.1) is 6.33 Å². The first-order valence-corrected chi connectivity index (χ1v) is 12.5. The first kappa shape index (κ1) is 22.4. The van der Waals surface area contributed by atoms with Gasteiger partial charge in [-0.3, -0.25) is 0 Å². The molecule has 0 bridgehead atoms. The van der Waals surface area contributed by atoms with Crippen LogP contribution in [0.15, 0.2) is 60.9 Å². The molecule has 0 radical (unpaired) electrons. The Balaban J connectivity index is 1.34. The zero-order valence-electron chi connectivity index (χ0n) is 20.2. The summed E-state index contributed by atoms with van der Waals surface area (Å²) in [6, 6.07) is 19.4. The Morgan fingerprint density at radius 3 is 2.35 bits per heavy atom. The molecule has 6 nitrogen and oxygen atoms in total. The molecule has 1 saturated carbocycles. The molecule has 1 aliphatic carbocycles. The standard InChI is InChI=1S/C28H34N6/c1-20(2)34-19-31-25-26(32-28(33-27(25)34)30-18-21-9-5-3-6-10-21)29-17-22-13-15-24(16-14-22)23-11-7-4-8-12-23/h4,7-8,11-16,19-21H,3,5-6,9-10,17-18H2,1-2H3,(H2,29,30,32,33). The van der Waals surface area contributed by atoms with E-state index < -0.39 is 0 Å². The summed E-state index contributed by atoms with van der Waals surface area (Å²) >= 11 is 0. The molecule has 0 atom stereocenters. The van der Waals surface area contributed by atoms with Crippen LogP contribution < -0.4 is 10.6 Å². The summed E-state index contributed by atoms with van der Waals surface area (Å²) in [5.41, 5.74) is 5.34.